The molecule has 27 heavy (non-hydrogen) atoms. The predicted molar refractivity (Wildman–Crippen MR) is 125 cm³/mol. The van der Waals surface area contributed by atoms with Gasteiger partial charge < -0.3 is 0 Å². The van der Waals surface area contributed by atoms with Crippen LogP contribution in [-0.2, 0) is 10.8 Å². The molecule has 2 aromatic carbocycles. The molecule has 1 heteroatoms. The smallest absolute Gasteiger partial charge is 0.213 e. The SMILES string of the molecule is CCC(C)[c-]1cccc1C(C)(C)C.CCC(C)[c-]1cccc1C(C)(C)C.[Mg+2]. The van der Waals surface area contributed by atoms with Gasteiger partial charge in [-0.15, -0.1) is 0 Å². The van der Waals surface area contributed by atoms with Crippen molar-refractivity contribution in [2.75, 3.05) is 0 Å². The van der Waals surface area contributed by atoms with Crippen molar-refractivity contribution in [1.82, 2.24) is 0 Å². The van der Waals surface area contributed by atoms with Crippen molar-refractivity contribution in [3.05, 3.63) is 58.7 Å². The third kappa shape index (κ3) is 7.42. The molecule has 2 rings (SSSR count). The molecule has 0 amide bonds. The van der Waals surface area contributed by atoms with Gasteiger partial charge in [0.05, 0.1) is 0 Å². The molecular weight excluding hydrogens is 337 g/mol. The maximum atomic E-state index is 2.31. The average Bonchev–Trinajstić information content (AvgIpc) is 3.21. The summed E-state index contributed by atoms with van der Waals surface area (Å²) in [5.74, 6) is 1.40. The standard InChI is InChI=1S/2C13H21.Mg/c2*1-6-10(2)11-8-7-9-12(11)13(3,4)5;/h2*7-10H,6H2,1-5H3;/q2*-1;+2. The van der Waals surface area contributed by atoms with Crippen molar-refractivity contribution in [3.63, 3.8) is 0 Å². The van der Waals surface area contributed by atoms with Gasteiger partial charge in [-0.2, -0.15) is 34.4 Å². The second-order valence-corrected chi connectivity index (χ2v) is 9.91. The molecule has 0 aliphatic heterocycles. The monoisotopic (exact) mass is 378 g/mol. The number of rotatable bonds is 4. The molecule has 2 unspecified atom stereocenters. The van der Waals surface area contributed by atoms with Crippen molar-refractivity contribution < 1.29 is 0 Å². The van der Waals surface area contributed by atoms with Gasteiger partial charge in [0.2, 0.25) is 0 Å². The molecule has 0 fully saturated rings. The van der Waals surface area contributed by atoms with E-state index in [2.05, 4.69) is 106 Å². The maximum Gasteiger partial charge on any atom is 2.00 e. The first kappa shape index (κ1) is 26.5. The van der Waals surface area contributed by atoms with Crippen molar-refractivity contribution in [2.45, 2.75) is 105 Å². The van der Waals surface area contributed by atoms with Crippen LogP contribution < -0.4 is 0 Å². The van der Waals surface area contributed by atoms with Crippen LogP contribution in [0.3, 0.4) is 0 Å². The topological polar surface area (TPSA) is 0 Å². The van der Waals surface area contributed by atoms with E-state index in [0.29, 0.717) is 22.7 Å². The molecule has 148 valence electrons. The van der Waals surface area contributed by atoms with Crippen LogP contribution in [0.25, 0.3) is 0 Å². The second kappa shape index (κ2) is 10.9. The zero-order chi connectivity index (χ0) is 20.1. The molecule has 2 atom stereocenters. The largest absolute Gasteiger partial charge is 2.00 e. The molecule has 0 radical (unpaired) electrons. The summed E-state index contributed by atoms with van der Waals surface area (Å²) in [7, 11) is 0. The van der Waals surface area contributed by atoms with Crippen LogP contribution in [0, 0.1) is 0 Å². The van der Waals surface area contributed by atoms with Gasteiger partial charge in [-0.3, -0.25) is 0 Å². The van der Waals surface area contributed by atoms with Gasteiger partial charge in [0, 0.05) is 0 Å². The van der Waals surface area contributed by atoms with E-state index in [1.54, 1.807) is 0 Å². The Morgan fingerprint density at radius 1 is 0.704 bits per heavy atom. The summed E-state index contributed by atoms with van der Waals surface area (Å²) in [6.45, 7) is 22.8. The van der Waals surface area contributed by atoms with Crippen molar-refractivity contribution >= 4 is 23.1 Å². The van der Waals surface area contributed by atoms with Gasteiger partial charge in [0.15, 0.2) is 0 Å². The molecule has 0 aliphatic rings. The van der Waals surface area contributed by atoms with Crippen LogP contribution in [-0.4, -0.2) is 23.1 Å². The molecule has 0 saturated heterocycles. The van der Waals surface area contributed by atoms with Crippen LogP contribution in [0.2, 0.25) is 0 Å². The number of hydrogen-bond acceptors (Lipinski definition) is 0. The van der Waals surface area contributed by atoms with Crippen LogP contribution >= 0.6 is 0 Å². The zero-order valence-corrected chi connectivity index (χ0v) is 21.2. The quantitative estimate of drug-likeness (QED) is 0.373. The molecule has 2 aromatic rings. The second-order valence-electron chi connectivity index (χ2n) is 9.91. The fraction of sp³-hybridized carbons (Fsp3) is 0.615. The van der Waals surface area contributed by atoms with Crippen LogP contribution in [0.4, 0.5) is 0 Å². The van der Waals surface area contributed by atoms with E-state index in [0.717, 1.165) is 0 Å². The average molecular weight is 379 g/mol. The first-order valence-corrected chi connectivity index (χ1v) is 10.5. The number of hydrogen-bond donors (Lipinski definition) is 0. The van der Waals surface area contributed by atoms with Crippen LogP contribution in [0.15, 0.2) is 36.4 Å². The van der Waals surface area contributed by atoms with Gasteiger partial charge in [0.1, 0.15) is 0 Å². The summed E-state index contributed by atoms with van der Waals surface area (Å²) in [6.07, 6.45) is 2.46. The molecule has 0 heterocycles. The van der Waals surface area contributed by atoms with Gasteiger partial charge in [-0.25, -0.2) is 24.3 Å². The molecule has 0 nitrogen and oxygen atoms in total. The Morgan fingerprint density at radius 3 is 1.22 bits per heavy atom. The summed E-state index contributed by atoms with van der Waals surface area (Å²) in [5.41, 5.74) is 6.69. The fourth-order valence-corrected chi connectivity index (χ4v) is 3.53. The Bertz CT molecular complexity index is 584. The van der Waals surface area contributed by atoms with E-state index in [-0.39, 0.29) is 23.1 Å². The van der Waals surface area contributed by atoms with Crippen molar-refractivity contribution in [1.29, 1.82) is 0 Å². The van der Waals surface area contributed by atoms with E-state index in [9.17, 15) is 0 Å². The van der Waals surface area contributed by atoms with E-state index >= 15 is 0 Å². The minimum absolute atomic E-state index is 0. The third-order valence-corrected chi connectivity index (χ3v) is 5.60. The van der Waals surface area contributed by atoms with Gasteiger partial charge in [-0.1, -0.05) is 93.9 Å². The van der Waals surface area contributed by atoms with Crippen LogP contribution in [0.5, 0.6) is 0 Å². The molecule has 0 aliphatic carbocycles. The molecular formula is C26H42Mg. The molecule has 0 saturated carbocycles. The first-order chi connectivity index (χ1) is 11.9. The third-order valence-electron chi connectivity index (χ3n) is 5.60. The van der Waals surface area contributed by atoms with Gasteiger partial charge in [0.25, 0.3) is 0 Å². The van der Waals surface area contributed by atoms with E-state index in [1.165, 1.54) is 35.1 Å². The van der Waals surface area contributed by atoms with E-state index in [4.69, 9.17) is 0 Å². The first-order valence-electron chi connectivity index (χ1n) is 10.5. The summed E-state index contributed by atoms with van der Waals surface area (Å²) < 4.78 is 0. The fourth-order valence-electron chi connectivity index (χ4n) is 3.53. The van der Waals surface area contributed by atoms with E-state index in [1.807, 2.05) is 0 Å². The Morgan fingerprint density at radius 2 is 1.00 bits per heavy atom. The van der Waals surface area contributed by atoms with Crippen molar-refractivity contribution in [2.24, 2.45) is 0 Å². The molecule has 0 bridgehead atoms. The zero-order valence-electron chi connectivity index (χ0n) is 19.7. The molecule has 0 aromatic heterocycles. The normalized spacial score (nSPS) is 14.0. The summed E-state index contributed by atoms with van der Waals surface area (Å²) in [6, 6.07) is 13.4. The minimum atomic E-state index is 0. The Labute approximate surface area is 186 Å². The summed E-state index contributed by atoms with van der Waals surface area (Å²) in [5, 5.41) is 0. The molecule has 0 spiro atoms. The van der Waals surface area contributed by atoms with Crippen LogP contribution in [0.1, 0.15) is 116 Å². The Kier molecular flexibility index (Phi) is 10.6. The van der Waals surface area contributed by atoms with Crippen molar-refractivity contribution in [3.8, 4) is 0 Å². The molecule has 0 N–H and O–H groups in total. The van der Waals surface area contributed by atoms with Gasteiger partial charge >= 0.3 is 23.1 Å². The maximum absolute atomic E-state index is 2.31. The van der Waals surface area contributed by atoms with E-state index < -0.39 is 0 Å². The summed E-state index contributed by atoms with van der Waals surface area (Å²) >= 11 is 0. The minimum Gasteiger partial charge on any atom is -0.213 e. The predicted octanol–water partition coefficient (Wildman–Crippen LogP) is 8.05. The van der Waals surface area contributed by atoms with Gasteiger partial charge in [-0.05, 0) is 10.8 Å². The summed E-state index contributed by atoms with van der Waals surface area (Å²) in [4.78, 5) is 0. The Balaban J connectivity index is 0.000000483. The Hall–Kier alpha value is -0.534.